The molecule has 0 aliphatic carbocycles. The third kappa shape index (κ3) is 3.71. The van der Waals surface area contributed by atoms with Gasteiger partial charge in [-0.25, -0.2) is 9.97 Å². The second kappa shape index (κ2) is 5.50. The Hall–Kier alpha value is -1.36. The molecule has 0 aromatic carbocycles. The zero-order valence-corrected chi connectivity index (χ0v) is 9.45. The van der Waals surface area contributed by atoms with Crippen LogP contribution in [0.25, 0.3) is 0 Å². The van der Waals surface area contributed by atoms with Crippen LogP contribution in [0.1, 0.15) is 6.42 Å². The monoisotopic (exact) mass is 228 g/mol. The van der Waals surface area contributed by atoms with Crippen LogP contribution in [0.2, 0.25) is 5.15 Å². The van der Waals surface area contributed by atoms with Crippen molar-refractivity contribution >= 4 is 23.3 Å². The smallest absolute Gasteiger partial charge is 0.221 e. The minimum atomic E-state index is 0.00185. The fourth-order valence-corrected chi connectivity index (χ4v) is 1.18. The Kier molecular flexibility index (Phi) is 4.30. The maximum absolute atomic E-state index is 11.0. The van der Waals surface area contributed by atoms with Crippen molar-refractivity contribution in [2.75, 3.05) is 25.5 Å². The van der Waals surface area contributed by atoms with Gasteiger partial charge in [0, 0.05) is 33.1 Å². The molecule has 0 atom stereocenters. The minimum absolute atomic E-state index is 0.00185. The number of anilines is 1. The van der Waals surface area contributed by atoms with Crippen molar-refractivity contribution in [2.45, 2.75) is 6.42 Å². The lowest BCUT2D eigenvalue weighted by Crippen LogP contribution is -2.26. The van der Waals surface area contributed by atoms with E-state index in [0.717, 1.165) is 0 Å². The third-order valence-corrected chi connectivity index (χ3v) is 2.17. The molecule has 6 heteroatoms. The van der Waals surface area contributed by atoms with E-state index in [1.165, 1.54) is 6.33 Å². The highest BCUT2D eigenvalue weighted by Gasteiger charge is 2.05. The number of rotatable bonds is 4. The standard InChI is InChI=1S/C9H13ClN4O/c1-11-9(15)3-4-14(2)8-5-7(10)12-6-13-8/h5-6H,3-4H2,1-2H3,(H,11,15). The molecule has 0 spiro atoms. The molecule has 0 radical (unpaired) electrons. The Morgan fingerprint density at radius 2 is 2.33 bits per heavy atom. The first-order valence-corrected chi connectivity index (χ1v) is 4.90. The van der Waals surface area contributed by atoms with E-state index < -0.39 is 0 Å². The summed E-state index contributed by atoms with van der Waals surface area (Å²) >= 11 is 5.72. The lowest BCUT2D eigenvalue weighted by molar-refractivity contribution is -0.120. The Balaban J connectivity index is 2.53. The number of carbonyl (C=O) groups excluding carboxylic acids is 1. The molecule has 15 heavy (non-hydrogen) atoms. The molecule has 0 bridgehead atoms. The second-order valence-corrected chi connectivity index (χ2v) is 3.43. The maximum atomic E-state index is 11.0. The highest BCUT2D eigenvalue weighted by molar-refractivity contribution is 6.29. The number of halogens is 1. The molecule has 0 unspecified atom stereocenters. The molecule has 1 rings (SSSR count). The number of aromatic nitrogens is 2. The molecular formula is C9H13ClN4O. The molecule has 82 valence electrons. The van der Waals surface area contributed by atoms with E-state index in [1.807, 2.05) is 11.9 Å². The van der Waals surface area contributed by atoms with Crippen molar-refractivity contribution < 1.29 is 4.79 Å². The molecule has 1 aromatic heterocycles. The van der Waals surface area contributed by atoms with Crippen LogP contribution in [0.15, 0.2) is 12.4 Å². The first kappa shape index (κ1) is 11.7. The molecule has 0 fully saturated rings. The van der Waals surface area contributed by atoms with Crippen molar-refractivity contribution in [3.05, 3.63) is 17.5 Å². The summed E-state index contributed by atoms with van der Waals surface area (Å²) in [4.78, 5) is 20.7. The SMILES string of the molecule is CNC(=O)CCN(C)c1cc(Cl)ncn1. The molecular weight excluding hydrogens is 216 g/mol. The van der Waals surface area contributed by atoms with Gasteiger partial charge in [-0.15, -0.1) is 0 Å². The van der Waals surface area contributed by atoms with Gasteiger partial charge < -0.3 is 10.2 Å². The first-order valence-electron chi connectivity index (χ1n) is 4.52. The Morgan fingerprint density at radius 1 is 1.60 bits per heavy atom. The summed E-state index contributed by atoms with van der Waals surface area (Å²) < 4.78 is 0. The zero-order valence-electron chi connectivity index (χ0n) is 8.70. The Labute approximate surface area is 93.5 Å². The van der Waals surface area contributed by atoms with Gasteiger partial charge in [0.1, 0.15) is 17.3 Å². The highest BCUT2D eigenvalue weighted by Crippen LogP contribution is 2.12. The van der Waals surface area contributed by atoms with Crippen LogP contribution in [0.3, 0.4) is 0 Å². The molecule has 0 saturated heterocycles. The van der Waals surface area contributed by atoms with Gasteiger partial charge in [0.05, 0.1) is 0 Å². The number of carbonyl (C=O) groups is 1. The van der Waals surface area contributed by atoms with Crippen LogP contribution in [-0.2, 0) is 4.79 Å². The van der Waals surface area contributed by atoms with Crippen molar-refractivity contribution in [1.29, 1.82) is 0 Å². The summed E-state index contributed by atoms with van der Waals surface area (Å²) in [7, 11) is 3.46. The van der Waals surface area contributed by atoms with Gasteiger partial charge in [-0.05, 0) is 0 Å². The molecule has 5 nitrogen and oxygen atoms in total. The highest BCUT2D eigenvalue weighted by atomic mass is 35.5. The minimum Gasteiger partial charge on any atom is -0.359 e. The van der Waals surface area contributed by atoms with Crippen LogP contribution < -0.4 is 10.2 Å². The van der Waals surface area contributed by atoms with E-state index in [9.17, 15) is 4.79 Å². The maximum Gasteiger partial charge on any atom is 0.221 e. The predicted octanol–water partition coefficient (Wildman–Crippen LogP) is 0.702. The van der Waals surface area contributed by atoms with Crippen LogP contribution in [-0.4, -0.2) is 36.5 Å². The lowest BCUT2D eigenvalue weighted by Gasteiger charge is -2.17. The van der Waals surface area contributed by atoms with Gasteiger partial charge in [0.15, 0.2) is 0 Å². The number of hydrogen-bond acceptors (Lipinski definition) is 4. The first-order chi connectivity index (χ1) is 7.13. The fraction of sp³-hybridized carbons (Fsp3) is 0.444. The average molecular weight is 229 g/mol. The molecule has 1 amide bonds. The second-order valence-electron chi connectivity index (χ2n) is 3.04. The van der Waals surface area contributed by atoms with Crippen molar-refractivity contribution in [3.8, 4) is 0 Å². The van der Waals surface area contributed by atoms with Crippen LogP contribution in [0.4, 0.5) is 5.82 Å². The van der Waals surface area contributed by atoms with Gasteiger partial charge >= 0.3 is 0 Å². The molecule has 0 aliphatic heterocycles. The van der Waals surface area contributed by atoms with Crippen molar-refractivity contribution in [2.24, 2.45) is 0 Å². The normalized spacial score (nSPS) is 9.80. The predicted molar refractivity (Wildman–Crippen MR) is 59.0 cm³/mol. The van der Waals surface area contributed by atoms with E-state index in [4.69, 9.17) is 11.6 Å². The molecule has 1 heterocycles. The van der Waals surface area contributed by atoms with E-state index in [2.05, 4.69) is 15.3 Å². The summed E-state index contributed by atoms with van der Waals surface area (Å²) in [5.74, 6) is 0.709. The van der Waals surface area contributed by atoms with Gasteiger partial charge in [0.2, 0.25) is 5.91 Å². The Morgan fingerprint density at radius 3 is 2.93 bits per heavy atom. The number of nitrogens with one attached hydrogen (secondary N) is 1. The lowest BCUT2D eigenvalue weighted by atomic mass is 10.3. The van der Waals surface area contributed by atoms with Crippen LogP contribution >= 0.6 is 11.6 Å². The molecule has 1 N–H and O–H groups in total. The van der Waals surface area contributed by atoms with Crippen LogP contribution in [0, 0.1) is 0 Å². The van der Waals surface area contributed by atoms with Gasteiger partial charge in [-0.1, -0.05) is 11.6 Å². The summed E-state index contributed by atoms with van der Waals surface area (Å²) in [6, 6.07) is 1.66. The molecule has 0 saturated carbocycles. The van der Waals surface area contributed by atoms with E-state index in [1.54, 1.807) is 13.1 Å². The summed E-state index contributed by atoms with van der Waals surface area (Å²) in [5, 5.41) is 2.95. The number of amides is 1. The van der Waals surface area contributed by atoms with Gasteiger partial charge in [-0.3, -0.25) is 4.79 Å². The number of hydrogen-bond donors (Lipinski definition) is 1. The zero-order chi connectivity index (χ0) is 11.3. The summed E-state index contributed by atoms with van der Waals surface area (Å²) in [6.45, 7) is 0.590. The van der Waals surface area contributed by atoms with Crippen LogP contribution in [0.5, 0.6) is 0 Å². The molecule has 1 aromatic rings. The van der Waals surface area contributed by atoms with E-state index in [0.29, 0.717) is 23.9 Å². The third-order valence-electron chi connectivity index (χ3n) is 1.96. The topological polar surface area (TPSA) is 58.1 Å². The average Bonchev–Trinajstić information content (AvgIpc) is 2.25. The van der Waals surface area contributed by atoms with E-state index in [-0.39, 0.29) is 5.91 Å². The summed E-state index contributed by atoms with van der Waals surface area (Å²) in [5.41, 5.74) is 0. The van der Waals surface area contributed by atoms with Crippen molar-refractivity contribution in [1.82, 2.24) is 15.3 Å². The Bertz CT molecular complexity index is 345. The number of nitrogens with zero attached hydrogens (tertiary/aromatic N) is 3. The quantitative estimate of drug-likeness (QED) is 0.771. The fourth-order valence-electron chi connectivity index (χ4n) is 1.04. The van der Waals surface area contributed by atoms with Gasteiger partial charge in [0.25, 0.3) is 0 Å². The van der Waals surface area contributed by atoms with Crippen molar-refractivity contribution in [3.63, 3.8) is 0 Å². The largest absolute Gasteiger partial charge is 0.359 e. The van der Waals surface area contributed by atoms with E-state index >= 15 is 0 Å². The molecule has 0 aliphatic rings. The summed E-state index contributed by atoms with van der Waals surface area (Å²) in [6.07, 6.45) is 1.82. The van der Waals surface area contributed by atoms with Gasteiger partial charge in [-0.2, -0.15) is 0 Å².